The highest BCUT2D eigenvalue weighted by Crippen LogP contribution is 2.18. The topological polar surface area (TPSA) is 77.7 Å². The van der Waals surface area contributed by atoms with Gasteiger partial charge in [-0.2, -0.15) is 9.78 Å². The van der Waals surface area contributed by atoms with Gasteiger partial charge in [-0.1, -0.05) is 24.3 Å². The number of methoxy groups -OCH3 is 1. The average Bonchev–Trinajstić information content (AvgIpc) is 3.11. The maximum Gasteiger partial charge on any atom is 0.279 e. The first-order valence-corrected chi connectivity index (χ1v) is 11.5. The molecule has 32 heavy (non-hydrogen) atoms. The molecule has 0 spiro atoms. The predicted octanol–water partition coefficient (Wildman–Crippen LogP) is 1.97. The molecule has 0 unspecified atom stereocenters. The molecule has 0 atom stereocenters. The molecule has 7 heteroatoms. The second-order valence-corrected chi connectivity index (χ2v) is 8.34. The van der Waals surface area contributed by atoms with Crippen molar-refractivity contribution < 1.29 is 14.4 Å². The van der Waals surface area contributed by atoms with Crippen molar-refractivity contribution in [1.29, 1.82) is 0 Å². The van der Waals surface area contributed by atoms with E-state index >= 15 is 0 Å². The summed E-state index contributed by atoms with van der Waals surface area (Å²) in [5.41, 5.74) is 0.541. The van der Waals surface area contributed by atoms with Crippen molar-refractivity contribution in [2.24, 2.45) is 0 Å². The number of nitrogens with one attached hydrogen (secondary N) is 2. The van der Waals surface area contributed by atoms with Crippen molar-refractivity contribution in [1.82, 2.24) is 15.1 Å². The Bertz CT molecular complexity index is 1130. The van der Waals surface area contributed by atoms with E-state index < -0.39 is 0 Å². The van der Waals surface area contributed by atoms with E-state index in [1.807, 2.05) is 6.07 Å². The van der Waals surface area contributed by atoms with Gasteiger partial charge in [0.2, 0.25) is 0 Å². The summed E-state index contributed by atoms with van der Waals surface area (Å²) in [6.07, 6.45) is 6.19. The molecule has 2 aromatic carbocycles. The number of ether oxygens (including phenoxy) is 1. The van der Waals surface area contributed by atoms with E-state index in [0.29, 0.717) is 28.8 Å². The Balaban J connectivity index is 1.55. The molecular formula is C25H31N4O3+. The number of carbonyl (C=O) groups is 1. The normalized spacial score (nSPS) is 14.8. The van der Waals surface area contributed by atoms with Gasteiger partial charge >= 0.3 is 0 Å². The second-order valence-electron chi connectivity index (χ2n) is 8.34. The number of likely N-dealkylation sites (tertiary alicyclic amines) is 1. The molecule has 1 amide bonds. The molecule has 0 saturated carbocycles. The summed E-state index contributed by atoms with van der Waals surface area (Å²) < 4.78 is 6.56. The molecule has 1 aliphatic rings. The standard InChI is InChI=1S/C25H30N4O3/c1-32-20-11-8-10-19(18-20)29-25(31)22-13-5-4-12-21(22)23(27-29)24(30)26-14-9-17-28-15-6-2-3-7-16-28/h4-5,8,10-13,18H,2-3,6-7,9,14-17H2,1H3,(H,26,30)/p+1. The number of rotatable bonds is 7. The largest absolute Gasteiger partial charge is 0.497 e. The maximum atomic E-state index is 13.1. The molecule has 2 N–H and O–H groups in total. The van der Waals surface area contributed by atoms with Crippen LogP contribution < -0.4 is 20.5 Å². The van der Waals surface area contributed by atoms with E-state index in [-0.39, 0.29) is 17.2 Å². The summed E-state index contributed by atoms with van der Waals surface area (Å²) in [6, 6.07) is 14.2. The van der Waals surface area contributed by atoms with Crippen LogP contribution >= 0.6 is 0 Å². The molecule has 1 fully saturated rings. The number of aromatic nitrogens is 2. The highest BCUT2D eigenvalue weighted by atomic mass is 16.5. The van der Waals surface area contributed by atoms with Gasteiger partial charge in [0, 0.05) is 24.4 Å². The summed E-state index contributed by atoms with van der Waals surface area (Å²) in [7, 11) is 1.57. The van der Waals surface area contributed by atoms with E-state index in [4.69, 9.17) is 4.74 Å². The Kier molecular flexibility index (Phi) is 7.17. The van der Waals surface area contributed by atoms with Crippen LogP contribution in [0.1, 0.15) is 42.6 Å². The van der Waals surface area contributed by atoms with Crippen LogP contribution in [0.4, 0.5) is 0 Å². The van der Waals surface area contributed by atoms with Crippen molar-refractivity contribution in [3.05, 3.63) is 64.6 Å². The van der Waals surface area contributed by atoms with Gasteiger partial charge in [-0.15, -0.1) is 0 Å². The Hall–Kier alpha value is -3.19. The molecule has 3 aromatic rings. The first-order valence-electron chi connectivity index (χ1n) is 11.5. The molecule has 0 bridgehead atoms. The zero-order valence-electron chi connectivity index (χ0n) is 18.6. The number of fused-ring (bicyclic) bond motifs is 1. The fourth-order valence-corrected chi connectivity index (χ4v) is 4.38. The zero-order valence-corrected chi connectivity index (χ0v) is 18.6. The molecule has 1 aliphatic heterocycles. The van der Waals surface area contributed by atoms with Gasteiger partial charge in [-0.25, -0.2) is 0 Å². The maximum absolute atomic E-state index is 13.1. The minimum Gasteiger partial charge on any atom is -0.497 e. The van der Waals surface area contributed by atoms with E-state index in [0.717, 1.165) is 13.0 Å². The minimum absolute atomic E-state index is 0.255. The molecule has 1 aromatic heterocycles. The van der Waals surface area contributed by atoms with Crippen molar-refractivity contribution in [3.63, 3.8) is 0 Å². The lowest BCUT2D eigenvalue weighted by atomic mass is 10.1. The number of hydrogen-bond donors (Lipinski definition) is 2. The molecule has 0 radical (unpaired) electrons. The van der Waals surface area contributed by atoms with Crippen LogP contribution in [-0.2, 0) is 0 Å². The fourth-order valence-electron chi connectivity index (χ4n) is 4.38. The first kappa shape index (κ1) is 22.0. The van der Waals surface area contributed by atoms with Crippen LogP contribution in [0.3, 0.4) is 0 Å². The number of nitrogens with zero attached hydrogens (tertiary/aromatic N) is 2. The summed E-state index contributed by atoms with van der Waals surface area (Å²) in [6.45, 7) is 4.12. The highest BCUT2D eigenvalue weighted by molar-refractivity contribution is 6.04. The zero-order chi connectivity index (χ0) is 22.3. The Morgan fingerprint density at radius 1 is 1.06 bits per heavy atom. The Morgan fingerprint density at radius 3 is 2.56 bits per heavy atom. The molecule has 4 rings (SSSR count). The monoisotopic (exact) mass is 435 g/mol. The van der Waals surface area contributed by atoms with E-state index in [1.54, 1.807) is 54.5 Å². The lowest BCUT2D eigenvalue weighted by Gasteiger charge is -2.17. The quantitative estimate of drug-likeness (QED) is 0.557. The van der Waals surface area contributed by atoms with Gasteiger partial charge in [-0.05, 0) is 43.9 Å². The van der Waals surface area contributed by atoms with Crippen molar-refractivity contribution >= 4 is 16.7 Å². The Morgan fingerprint density at radius 2 is 1.81 bits per heavy atom. The number of quaternary nitrogens is 1. The van der Waals surface area contributed by atoms with Crippen LogP contribution in [0, 0.1) is 0 Å². The van der Waals surface area contributed by atoms with Crippen LogP contribution in [0.2, 0.25) is 0 Å². The smallest absolute Gasteiger partial charge is 0.279 e. The molecule has 2 heterocycles. The van der Waals surface area contributed by atoms with Crippen LogP contribution in [0.5, 0.6) is 5.75 Å². The molecule has 1 saturated heterocycles. The fraction of sp³-hybridized carbons (Fsp3) is 0.400. The van der Waals surface area contributed by atoms with E-state index in [9.17, 15) is 9.59 Å². The van der Waals surface area contributed by atoms with Gasteiger partial charge in [0.05, 0.1) is 37.8 Å². The summed E-state index contributed by atoms with van der Waals surface area (Å²) in [5.74, 6) is 0.357. The average molecular weight is 436 g/mol. The third-order valence-corrected chi connectivity index (χ3v) is 6.12. The predicted molar refractivity (Wildman–Crippen MR) is 125 cm³/mol. The summed E-state index contributed by atoms with van der Waals surface area (Å²) in [5, 5.41) is 8.50. The number of carbonyl (C=O) groups excluding carboxylic acids is 1. The minimum atomic E-state index is -0.268. The van der Waals surface area contributed by atoms with Gasteiger partial charge in [0.25, 0.3) is 11.5 Å². The first-order chi connectivity index (χ1) is 15.7. The summed E-state index contributed by atoms with van der Waals surface area (Å²) in [4.78, 5) is 27.8. The summed E-state index contributed by atoms with van der Waals surface area (Å²) >= 11 is 0. The van der Waals surface area contributed by atoms with Crippen molar-refractivity contribution in [2.45, 2.75) is 32.1 Å². The second kappa shape index (κ2) is 10.4. The van der Waals surface area contributed by atoms with Gasteiger partial charge in [0.15, 0.2) is 5.69 Å². The van der Waals surface area contributed by atoms with Gasteiger partial charge in [0.1, 0.15) is 5.75 Å². The molecule has 168 valence electrons. The van der Waals surface area contributed by atoms with E-state index in [1.165, 1.54) is 43.5 Å². The van der Waals surface area contributed by atoms with Crippen LogP contribution in [0.15, 0.2) is 53.3 Å². The third-order valence-electron chi connectivity index (χ3n) is 6.12. The van der Waals surface area contributed by atoms with Crippen molar-refractivity contribution in [3.8, 4) is 11.4 Å². The highest BCUT2D eigenvalue weighted by Gasteiger charge is 2.18. The molecular weight excluding hydrogens is 404 g/mol. The number of hydrogen-bond acceptors (Lipinski definition) is 4. The van der Waals surface area contributed by atoms with Crippen molar-refractivity contribution in [2.75, 3.05) is 33.3 Å². The van der Waals surface area contributed by atoms with E-state index in [2.05, 4.69) is 10.4 Å². The molecule has 7 nitrogen and oxygen atoms in total. The SMILES string of the molecule is COc1cccc(-n2nc(C(=O)NCCC[NH+]3CCCCCC3)c3ccccc3c2=O)c1. The number of benzene rings is 2. The van der Waals surface area contributed by atoms with Crippen LogP contribution in [-0.4, -0.2) is 49.0 Å². The lowest BCUT2D eigenvalue weighted by molar-refractivity contribution is -0.899. The molecule has 0 aliphatic carbocycles. The Labute approximate surface area is 188 Å². The van der Waals surface area contributed by atoms with Crippen LogP contribution in [0.25, 0.3) is 16.5 Å². The van der Waals surface area contributed by atoms with Gasteiger partial charge < -0.3 is 15.0 Å². The van der Waals surface area contributed by atoms with Gasteiger partial charge in [-0.3, -0.25) is 9.59 Å². The number of amides is 1. The third kappa shape index (κ3) is 4.99. The lowest BCUT2D eigenvalue weighted by Crippen LogP contribution is -3.11.